The summed E-state index contributed by atoms with van der Waals surface area (Å²) in [7, 11) is 2.82. The third kappa shape index (κ3) is 2.41. The van der Waals surface area contributed by atoms with Gasteiger partial charge in [-0.3, -0.25) is 0 Å². The lowest BCUT2D eigenvalue weighted by molar-refractivity contribution is 0.0607. The molecule has 2 aromatic rings. The Kier molecular flexibility index (Phi) is 4.01. The van der Waals surface area contributed by atoms with Gasteiger partial charge in [-0.1, -0.05) is 11.6 Å². The number of ether oxygens (including phenoxy) is 2. The molecule has 0 aliphatic rings. The van der Waals surface area contributed by atoms with Crippen LogP contribution >= 0.6 is 22.9 Å². The van der Waals surface area contributed by atoms with Crippen molar-refractivity contribution in [2.45, 2.75) is 6.92 Å². The van der Waals surface area contributed by atoms with Crippen molar-refractivity contribution in [3.05, 3.63) is 27.3 Å². The highest BCUT2D eigenvalue weighted by Crippen LogP contribution is 2.39. The highest BCUT2D eigenvalue weighted by Gasteiger charge is 2.23. The van der Waals surface area contributed by atoms with Gasteiger partial charge < -0.3 is 9.47 Å². The molecule has 0 unspecified atom stereocenters. The highest BCUT2D eigenvalue weighted by molar-refractivity contribution is 7.12. The van der Waals surface area contributed by atoms with Crippen LogP contribution in [0.2, 0.25) is 5.15 Å². The van der Waals surface area contributed by atoms with Crippen molar-refractivity contribution in [1.82, 2.24) is 9.97 Å². The first kappa shape index (κ1) is 13.8. The minimum atomic E-state index is -0.412. The van der Waals surface area contributed by atoms with Gasteiger partial charge >= 0.3 is 5.97 Å². The largest absolute Gasteiger partial charge is 0.491 e. The molecule has 19 heavy (non-hydrogen) atoms. The summed E-state index contributed by atoms with van der Waals surface area (Å²) in [5, 5.41) is 2.06. The Morgan fingerprint density at radius 1 is 1.37 bits per heavy atom. The van der Waals surface area contributed by atoms with E-state index in [4.69, 9.17) is 21.1 Å². The number of methoxy groups -OCH3 is 2. The van der Waals surface area contributed by atoms with Crippen LogP contribution in [0.1, 0.15) is 15.2 Å². The molecule has 0 amide bonds. The zero-order valence-corrected chi connectivity index (χ0v) is 12.1. The summed E-state index contributed by atoms with van der Waals surface area (Å²) in [6.07, 6.45) is 1.33. The van der Waals surface area contributed by atoms with E-state index < -0.39 is 5.97 Å². The van der Waals surface area contributed by atoms with Gasteiger partial charge in [0, 0.05) is 5.56 Å². The average molecular weight is 299 g/mol. The molecule has 0 saturated heterocycles. The molecule has 0 spiro atoms. The van der Waals surface area contributed by atoms with Gasteiger partial charge in [0.15, 0.2) is 10.9 Å². The van der Waals surface area contributed by atoms with Crippen molar-refractivity contribution in [2.75, 3.05) is 14.2 Å². The zero-order valence-electron chi connectivity index (χ0n) is 10.6. The van der Waals surface area contributed by atoms with E-state index in [0.717, 1.165) is 5.56 Å². The Morgan fingerprint density at radius 3 is 2.74 bits per heavy atom. The van der Waals surface area contributed by atoms with Crippen LogP contribution in [0, 0.1) is 6.92 Å². The number of aryl methyl sites for hydroxylation is 1. The Labute approximate surface area is 119 Å². The second-order valence-electron chi connectivity index (χ2n) is 3.66. The number of esters is 1. The van der Waals surface area contributed by atoms with Crippen LogP contribution in [-0.2, 0) is 4.74 Å². The lowest BCUT2D eigenvalue weighted by Gasteiger charge is -2.09. The minimum Gasteiger partial charge on any atom is -0.491 e. The molecular formula is C12H11ClN2O3S. The number of carbonyl (C=O) groups is 1. The molecular weight excluding hydrogens is 288 g/mol. The first-order valence-corrected chi connectivity index (χ1v) is 6.57. The van der Waals surface area contributed by atoms with Crippen LogP contribution in [0.3, 0.4) is 0 Å². The number of aromatic nitrogens is 2. The fourth-order valence-electron chi connectivity index (χ4n) is 1.69. The summed E-state index contributed by atoms with van der Waals surface area (Å²) < 4.78 is 9.99. The molecule has 0 aliphatic carbocycles. The molecule has 0 N–H and O–H groups in total. The minimum absolute atomic E-state index is 0.203. The summed E-state index contributed by atoms with van der Waals surface area (Å²) in [6.45, 7) is 1.88. The smallest absolute Gasteiger partial charge is 0.348 e. The van der Waals surface area contributed by atoms with E-state index in [1.807, 2.05) is 12.3 Å². The van der Waals surface area contributed by atoms with Gasteiger partial charge in [0.1, 0.15) is 16.9 Å². The molecule has 0 aromatic carbocycles. The van der Waals surface area contributed by atoms with Gasteiger partial charge in [0.05, 0.1) is 14.2 Å². The number of carbonyl (C=O) groups excluding carboxylic acids is 1. The molecule has 5 nitrogen and oxygen atoms in total. The first-order chi connectivity index (χ1) is 9.10. The average Bonchev–Trinajstić information content (AvgIpc) is 2.79. The molecule has 100 valence electrons. The Bertz CT molecular complexity index is 627. The number of thiophene rings is 1. The fraction of sp³-hybridized carbons (Fsp3) is 0.250. The van der Waals surface area contributed by atoms with Crippen LogP contribution in [0.15, 0.2) is 11.7 Å². The summed E-state index contributed by atoms with van der Waals surface area (Å²) >= 11 is 7.27. The van der Waals surface area contributed by atoms with Gasteiger partial charge in [0.2, 0.25) is 0 Å². The van der Waals surface area contributed by atoms with Gasteiger partial charge in [-0.25, -0.2) is 14.8 Å². The van der Waals surface area contributed by atoms with Gasteiger partial charge in [-0.2, -0.15) is 0 Å². The third-order valence-electron chi connectivity index (χ3n) is 2.55. The van der Waals surface area contributed by atoms with E-state index in [9.17, 15) is 4.79 Å². The normalized spacial score (nSPS) is 10.3. The summed E-state index contributed by atoms with van der Waals surface area (Å²) in [4.78, 5) is 20.3. The van der Waals surface area contributed by atoms with E-state index in [-0.39, 0.29) is 5.15 Å². The van der Waals surface area contributed by atoms with E-state index >= 15 is 0 Å². The van der Waals surface area contributed by atoms with E-state index in [0.29, 0.717) is 21.9 Å². The molecule has 0 radical (unpaired) electrons. The second-order valence-corrected chi connectivity index (χ2v) is 4.90. The van der Waals surface area contributed by atoms with Crippen molar-refractivity contribution < 1.29 is 14.3 Å². The quantitative estimate of drug-likeness (QED) is 0.644. The highest BCUT2D eigenvalue weighted by atomic mass is 35.5. The van der Waals surface area contributed by atoms with Crippen molar-refractivity contribution in [2.24, 2.45) is 0 Å². The Hall–Kier alpha value is -1.66. The van der Waals surface area contributed by atoms with Gasteiger partial charge in [-0.05, 0) is 17.9 Å². The van der Waals surface area contributed by atoms with Crippen molar-refractivity contribution in [3.8, 4) is 17.0 Å². The fourth-order valence-corrected chi connectivity index (χ4v) is 2.87. The maximum absolute atomic E-state index is 11.8. The standard InChI is InChI=1S/C12H11ClN2O3S/c1-6-4-19-10(12(16)18-3)7(6)8-9(17-2)11(13)15-5-14-8/h4-5H,1-3H3. The van der Waals surface area contributed by atoms with E-state index in [2.05, 4.69) is 9.97 Å². The van der Waals surface area contributed by atoms with E-state index in [1.165, 1.54) is 31.9 Å². The lowest BCUT2D eigenvalue weighted by Crippen LogP contribution is -2.02. The monoisotopic (exact) mass is 298 g/mol. The van der Waals surface area contributed by atoms with Crippen LogP contribution in [0.5, 0.6) is 5.75 Å². The first-order valence-electron chi connectivity index (χ1n) is 5.31. The number of nitrogens with zero attached hydrogens (tertiary/aromatic N) is 2. The Morgan fingerprint density at radius 2 is 2.11 bits per heavy atom. The number of rotatable bonds is 3. The van der Waals surface area contributed by atoms with Gasteiger partial charge in [0.25, 0.3) is 0 Å². The lowest BCUT2D eigenvalue weighted by atomic mass is 10.1. The summed E-state index contributed by atoms with van der Waals surface area (Å²) in [5.41, 5.74) is 2.05. The molecule has 0 atom stereocenters. The second kappa shape index (κ2) is 5.54. The molecule has 7 heteroatoms. The number of hydrogen-bond acceptors (Lipinski definition) is 6. The van der Waals surface area contributed by atoms with E-state index in [1.54, 1.807) is 0 Å². The molecule has 0 fully saturated rings. The topological polar surface area (TPSA) is 61.3 Å². The molecule has 2 aromatic heterocycles. The van der Waals surface area contributed by atoms with Crippen LogP contribution in [0.25, 0.3) is 11.3 Å². The maximum atomic E-state index is 11.8. The molecule has 0 saturated carbocycles. The van der Waals surface area contributed by atoms with Crippen LogP contribution in [0.4, 0.5) is 0 Å². The Balaban J connectivity index is 2.69. The third-order valence-corrected chi connectivity index (χ3v) is 3.89. The van der Waals surface area contributed by atoms with Crippen molar-refractivity contribution in [3.63, 3.8) is 0 Å². The van der Waals surface area contributed by atoms with Crippen LogP contribution in [-0.4, -0.2) is 30.2 Å². The predicted molar refractivity (Wildman–Crippen MR) is 73.0 cm³/mol. The SMILES string of the molecule is COC(=O)c1scc(C)c1-c1ncnc(Cl)c1OC. The zero-order chi connectivity index (χ0) is 14.0. The summed E-state index contributed by atoms with van der Waals surface area (Å²) in [5.74, 6) is -0.0688. The number of hydrogen-bond donors (Lipinski definition) is 0. The summed E-state index contributed by atoms with van der Waals surface area (Å²) in [6, 6.07) is 0. The molecule has 0 aliphatic heterocycles. The predicted octanol–water partition coefficient (Wildman–Crippen LogP) is 2.96. The number of halogens is 1. The molecule has 2 rings (SSSR count). The molecule has 2 heterocycles. The molecule has 0 bridgehead atoms. The van der Waals surface area contributed by atoms with Crippen molar-refractivity contribution >= 4 is 28.9 Å². The maximum Gasteiger partial charge on any atom is 0.348 e. The van der Waals surface area contributed by atoms with Crippen molar-refractivity contribution in [1.29, 1.82) is 0 Å². The van der Waals surface area contributed by atoms with Crippen LogP contribution < -0.4 is 4.74 Å². The van der Waals surface area contributed by atoms with Gasteiger partial charge in [-0.15, -0.1) is 11.3 Å².